The van der Waals surface area contributed by atoms with Gasteiger partial charge in [-0.3, -0.25) is 0 Å². The maximum atomic E-state index is 12.3. The van der Waals surface area contributed by atoms with E-state index in [0.29, 0.717) is 28.3 Å². The average Bonchev–Trinajstić information content (AvgIpc) is 2.96. The maximum absolute atomic E-state index is 12.3. The van der Waals surface area contributed by atoms with Crippen molar-refractivity contribution < 1.29 is 12.9 Å². The third kappa shape index (κ3) is 3.69. The van der Waals surface area contributed by atoms with Crippen molar-refractivity contribution in [2.75, 3.05) is 19.0 Å². The van der Waals surface area contributed by atoms with E-state index in [1.165, 1.54) is 0 Å². The number of rotatable bonds is 6. The van der Waals surface area contributed by atoms with Gasteiger partial charge in [0.05, 0.1) is 6.54 Å². The van der Waals surface area contributed by atoms with Gasteiger partial charge in [0.1, 0.15) is 23.1 Å². The van der Waals surface area contributed by atoms with Crippen LogP contribution in [-0.2, 0) is 22.3 Å². The maximum Gasteiger partial charge on any atom is 0.217 e. The number of aromatic nitrogens is 3. The normalized spacial score (nSPS) is 11.8. The molecule has 9 heteroatoms. The molecule has 0 spiro atoms. The summed E-state index contributed by atoms with van der Waals surface area (Å²) >= 11 is 0. The van der Waals surface area contributed by atoms with Crippen LogP contribution in [0.15, 0.2) is 41.1 Å². The molecule has 0 atom stereocenters. The van der Waals surface area contributed by atoms with Crippen molar-refractivity contribution in [1.29, 1.82) is 0 Å². The molecule has 0 aliphatic carbocycles. The summed E-state index contributed by atoms with van der Waals surface area (Å²) in [6, 6.07) is 8.88. The van der Waals surface area contributed by atoms with E-state index in [4.69, 9.17) is 4.52 Å². The standard InChI is InChI=1S/C15H17N5O3S/c1-20(2)15-7-8-16-14(18-15)9-17-24(21,22)10-12-11-5-3-4-6-13(11)23-19-12/h3-8,17H,9-10H2,1-2H3. The Hall–Kier alpha value is -2.52. The first-order valence-electron chi connectivity index (χ1n) is 7.24. The first-order chi connectivity index (χ1) is 11.4. The molecule has 3 aromatic rings. The Balaban J connectivity index is 1.71. The van der Waals surface area contributed by atoms with E-state index >= 15 is 0 Å². The molecular formula is C15H17N5O3S. The molecule has 0 aliphatic rings. The molecule has 1 aromatic carbocycles. The van der Waals surface area contributed by atoms with Gasteiger partial charge in [-0.15, -0.1) is 0 Å². The number of nitrogens with zero attached hydrogens (tertiary/aromatic N) is 4. The van der Waals surface area contributed by atoms with Gasteiger partial charge in [-0.1, -0.05) is 17.3 Å². The molecule has 0 aliphatic heterocycles. The van der Waals surface area contributed by atoms with Gasteiger partial charge in [0.25, 0.3) is 0 Å². The van der Waals surface area contributed by atoms with E-state index in [1.54, 1.807) is 30.5 Å². The fourth-order valence-electron chi connectivity index (χ4n) is 2.17. The number of sulfonamides is 1. The van der Waals surface area contributed by atoms with Gasteiger partial charge >= 0.3 is 0 Å². The predicted molar refractivity (Wildman–Crippen MR) is 89.8 cm³/mol. The summed E-state index contributed by atoms with van der Waals surface area (Å²) in [5, 5.41) is 4.53. The van der Waals surface area contributed by atoms with Gasteiger partial charge in [0, 0.05) is 25.7 Å². The first-order valence-corrected chi connectivity index (χ1v) is 8.90. The Kier molecular flexibility index (Phi) is 4.45. The Labute approximate surface area is 139 Å². The van der Waals surface area contributed by atoms with E-state index in [-0.39, 0.29) is 12.3 Å². The molecule has 3 rings (SSSR count). The zero-order chi connectivity index (χ0) is 17.2. The quantitative estimate of drug-likeness (QED) is 0.717. The highest BCUT2D eigenvalue weighted by molar-refractivity contribution is 7.88. The van der Waals surface area contributed by atoms with E-state index in [0.717, 1.165) is 0 Å². The summed E-state index contributed by atoms with van der Waals surface area (Å²) in [5.41, 5.74) is 0.936. The minimum Gasteiger partial charge on any atom is -0.363 e. The van der Waals surface area contributed by atoms with Crippen molar-refractivity contribution >= 4 is 26.8 Å². The number of fused-ring (bicyclic) bond motifs is 1. The van der Waals surface area contributed by atoms with Crippen LogP contribution < -0.4 is 9.62 Å². The third-order valence-electron chi connectivity index (χ3n) is 3.38. The SMILES string of the molecule is CN(C)c1ccnc(CNS(=O)(=O)Cc2noc3ccccc23)n1. The molecule has 126 valence electrons. The Morgan fingerprint density at radius 2 is 2.00 bits per heavy atom. The zero-order valence-electron chi connectivity index (χ0n) is 13.3. The summed E-state index contributed by atoms with van der Waals surface area (Å²) in [4.78, 5) is 10.2. The van der Waals surface area contributed by atoms with Crippen molar-refractivity contribution in [3.05, 3.63) is 48.0 Å². The first kappa shape index (κ1) is 16.3. The minimum atomic E-state index is -3.59. The zero-order valence-corrected chi connectivity index (χ0v) is 14.1. The van der Waals surface area contributed by atoms with E-state index < -0.39 is 10.0 Å². The molecule has 0 fully saturated rings. The van der Waals surface area contributed by atoms with Crippen LogP contribution in [0.4, 0.5) is 5.82 Å². The summed E-state index contributed by atoms with van der Waals surface area (Å²) < 4.78 is 32.2. The molecule has 0 bridgehead atoms. The van der Waals surface area contributed by atoms with Crippen molar-refractivity contribution in [1.82, 2.24) is 19.8 Å². The lowest BCUT2D eigenvalue weighted by atomic mass is 10.2. The van der Waals surface area contributed by atoms with Gasteiger partial charge in [0.2, 0.25) is 10.0 Å². The number of nitrogens with one attached hydrogen (secondary N) is 1. The lowest BCUT2D eigenvalue weighted by Gasteiger charge is -2.11. The van der Waals surface area contributed by atoms with Crippen LogP contribution in [0.3, 0.4) is 0 Å². The number of hydrogen-bond donors (Lipinski definition) is 1. The largest absolute Gasteiger partial charge is 0.363 e. The molecule has 24 heavy (non-hydrogen) atoms. The molecule has 0 radical (unpaired) electrons. The Morgan fingerprint density at radius 1 is 1.21 bits per heavy atom. The van der Waals surface area contributed by atoms with Crippen LogP contribution in [0, 0.1) is 0 Å². The highest BCUT2D eigenvalue weighted by Crippen LogP contribution is 2.19. The van der Waals surface area contributed by atoms with Gasteiger partial charge in [0.15, 0.2) is 5.58 Å². The number of hydrogen-bond acceptors (Lipinski definition) is 7. The van der Waals surface area contributed by atoms with E-state index in [9.17, 15) is 8.42 Å². The van der Waals surface area contributed by atoms with Crippen LogP contribution in [0.5, 0.6) is 0 Å². The van der Waals surface area contributed by atoms with Crippen molar-refractivity contribution in [2.24, 2.45) is 0 Å². The molecule has 0 amide bonds. The van der Waals surface area contributed by atoms with Crippen LogP contribution in [-0.4, -0.2) is 37.6 Å². The summed E-state index contributed by atoms with van der Waals surface area (Å²) in [6.07, 6.45) is 1.59. The Bertz CT molecular complexity index is 952. The lowest BCUT2D eigenvalue weighted by Crippen LogP contribution is -2.26. The fraction of sp³-hybridized carbons (Fsp3) is 0.267. The van der Waals surface area contributed by atoms with Crippen molar-refractivity contribution in [3.8, 4) is 0 Å². The van der Waals surface area contributed by atoms with Crippen LogP contribution >= 0.6 is 0 Å². The summed E-state index contributed by atoms with van der Waals surface area (Å²) in [7, 11) is 0.113. The molecule has 8 nitrogen and oxygen atoms in total. The Morgan fingerprint density at radius 3 is 2.79 bits per heavy atom. The molecule has 1 N–H and O–H groups in total. The van der Waals surface area contributed by atoms with Crippen molar-refractivity contribution in [2.45, 2.75) is 12.3 Å². The molecule has 2 heterocycles. The second kappa shape index (κ2) is 6.54. The third-order valence-corrected chi connectivity index (χ3v) is 4.62. The highest BCUT2D eigenvalue weighted by atomic mass is 32.2. The number of benzene rings is 1. The predicted octanol–water partition coefficient (Wildman–Crippen LogP) is 1.30. The number of para-hydroxylation sites is 1. The number of anilines is 1. The molecule has 2 aromatic heterocycles. The van der Waals surface area contributed by atoms with Crippen LogP contribution in [0.1, 0.15) is 11.5 Å². The van der Waals surface area contributed by atoms with Gasteiger partial charge in [-0.25, -0.2) is 23.1 Å². The second-order valence-corrected chi connectivity index (χ2v) is 7.24. The lowest BCUT2D eigenvalue weighted by molar-refractivity contribution is 0.448. The van der Waals surface area contributed by atoms with Crippen molar-refractivity contribution in [3.63, 3.8) is 0 Å². The molecule has 0 saturated carbocycles. The minimum absolute atomic E-state index is 0.0137. The monoisotopic (exact) mass is 347 g/mol. The van der Waals surface area contributed by atoms with Gasteiger partial charge in [-0.05, 0) is 18.2 Å². The van der Waals surface area contributed by atoms with E-state index in [2.05, 4.69) is 19.8 Å². The average molecular weight is 347 g/mol. The topological polar surface area (TPSA) is 101 Å². The molecule has 0 unspecified atom stereocenters. The summed E-state index contributed by atoms with van der Waals surface area (Å²) in [6.45, 7) is 0.0137. The smallest absolute Gasteiger partial charge is 0.217 e. The second-order valence-electron chi connectivity index (χ2n) is 5.43. The fourth-order valence-corrected chi connectivity index (χ4v) is 3.19. The van der Waals surface area contributed by atoms with Crippen LogP contribution in [0.2, 0.25) is 0 Å². The molecule has 0 saturated heterocycles. The summed E-state index contributed by atoms with van der Waals surface area (Å²) in [5.74, 6) is 0.841. The van der Waals surface area contributed by atoms with E-state index in [1.807, 2.05) is 25.1 Å². The van der Waals surface area contributed by atoms with Gasteiger partial charge < -0.3 is 9.42 Å². The van der Waals surface area contributed by atoms with Gasteiger partial charge in [-0.2, -0.15) is 0 Å². The molecular weight excluding hydrogens is 330 g/mol. The highest BCUT2D eigenvalue weighted by Gasteiger charge is 2.17. The van der Waals surface area contributed by atoms with Crippen LogP contribution in [0.25, 0.3) is 11.0 Å².